The van der Waals surface area contributed by atoms with Crippen LogP contribution in [0.2, 0.25) is 10.0 Å². The second-order valence-electron chi connectivity index (χ2n) is 7.30. The maximum absolute atomic E-state index is 12.9. The lowest BCUT2D eigenvalue weighted by Crippen LogP contribution is -2.36. The number of aromatic nitrogens is 2. The Morgan fingerprint density at radius 1 is 1.14 bits per heavy atom. The second kappa shape index (κ2) is 9.47. The van der Waals surface area contributed by atoms with Crippen molar-refractivity contribution in [2.45, 2.75) is 18.7 Å². The number of fused-ring (bicyclic) bond motifs is 1. The molecule has 0 spiro atoms. The molecule has 0 saturated heterocycles. The fraction of sp³-hybridized carbons (Fsp3) is 0.143. The lowest BCUT2D eigenvalue weighted by Gasteiger charge is -2.24. The second-order valence-corrected chi connectivity index (χ2v) is 8.14. The van der Waals surface area contributed by atoms with Crippen molar-refractivity contribution in [3.63, 3.8) is 0 Å². The van der Waals surface area contributed by atoms with E-state index >= 15 is 0 Å². The topological polar surface area (TPSA) is 125 Å². The Balaban J connectivity index is 1.60. The third-order valence-corrected chi connectivity index (χ3v) is 5.33. The predicted octanol–water partition coefficient (Wildman–Crippen LogP) is 4.78. The minimum absolute atomic E-state index is 0.0238. The number of nitrogens with zero attached hydrogens (tertiary/aromatic N) is 1. The third-order valence-electron chi connectivity index (χ3n) is 4.79. The van der Waals surface area contributed by atoms with Crippen LogP contribution < -0.4 is 26.2 Å². The Kier molecular flexibility index (Phi) is 6.59. The SMILES string of the molecule is O=C1CC(C(=O)Nc2cccc(OC(F)(F)F)c2)c2c(nc(Nc3ccc(Cl)cc3Cl)[nH]c2=O)N1. The molecular formula is C21H14Cl2F3N5O4. The van der Waals surface area contributed by atoms with E-state index in [9.17, 15) is 27.6 Å². The van der Waals surface area contributed by atoms with E-state index in [4.69, 9.17) is 23.2 Å². The molecule has 0 radical (unpaired) electrons. The first-order valence-corrected chi connectivity index (χ1v) is 10.6. The molecule has 0 aliphatic carbocycles. The van der Waals surface area contributed by atoms with Crippen LogP contribution in [0.3, 0.4) is 0 Å². The number of aromatic amines is 1. The predicted molar refractivity (Wildman–Crippen MR) is 122 cm³/mol. The van der Waals surface area contributed by atoms with Crippen LogP contribution in [0, 0.1) is 0 Å². The minimum Gasteiger partial charge on any atom is -0.406 e. The van der Waals surface area contributed by atoms with Crippen LogP contribution >= 0.6 is 23.2 Å². The summed E-state index contributed by atoms with van der Waals surface area (Å²) in [7, 11) is 0. The molecule has 9 nitrogen and oxygen atoms in total. The number of nitrogens with one attached hydrogen (secondary N) is 4. The third kappa shape index (κ3) is 5.84. The van der Waals surface area contributed by atoms with Gasteiger partial charge in [-0.3, -0.25) is 19.4 Å². The van der Waals surface area contributed by atoms with Gasteiger partial charge in [-0.25, -0.2) is 0 Å². The molecule has 1 aliphatic heterocycles. The van der Waals surface area contributed by atoms with E-state index in [2.05, 4.69) is 30.7 Å². The van der Waals surface area contributed by atoms with E-state index in [1.165, 1.54) is 18.2 Å². The number of benzene rings is 2. The number of rotatable bonds is 5. The molecule has 4 rings (SSSR count). The van der Waals surface area contributed by atoms with Gasteiger partial charge in [0, 0.05) is 23.2 Å². The number of ether oxygens (including phenoxy) is 1. The fourth-order valence-electron chi connectivity index (χ4n) is 3.37. The number of H-pyrrole nitrogens is 1. The van der Waals surface area contributed by atoms with Crippen molar-refractivity contribution in [1.82, 2.24) is 9.97 Å². The zero-order valence-electron chi connectivity index (χ0n) is 17.3. The maximum atomic E-state index is 12.9. The van der Waals surface area contributed by atoms with Crippen molar-refractivity contribution in [2.75, 3.05) is 16.0 Å². The van der Waals surface area contributed by atoms with Gasteiger partial charge >= 0.3 is 6.36 Å². The van der Waals surface area contributed by atoms with Crippen molar-refractivity contribution in [2.24, 2.45) is 0 Å². The Morgan fingerprint density at radius 3 is 2.63 bits per heavy atom. The summed E-state index contributed by atoms with van der Waals surface area (Å²) in [5, 5.41) is 8.28. The molecule has 1 aliphatic rings. The summed E-state index contributed by atoms with van der Waals surface area (Å²) in [5.41, 5.74) is -0.477. The molecule has 182 valence electrons. The first-order chi connectivity index (χ1) is 16.5. The summed E-state index contributed by atoms with van der Waals surface area (Å²) in [5.74, 6) is -3.38. The van der Waals surface area contributed by atoms with E-state index in [1.807, 2.05) is 0 Å². The molecule has 3 aromatic rings. The summed E-state index contributed by atoms with van der Waals surface area (Å²) < 4.78 is 41.2. The van der Waals surface area contributed by atoms with Crippen molar-refractivity contribution >= 4 is 58.2 Å². The first-order valence-electron chi connectivity index (χ1n) is 9.81. The van der Waals surface area contributed by atoms with Crippen LogP contribution in [-0.4, -0.2) is 28.1 Å². The van der Waals surface area contributed by atoms with E-state index < -0.39 is 35.4 Å². The highest BCUT2D eigenvalue weighted by Crippen LogP contribution is 2.32. The molecule has 4 N–H and O–H groups in total. The number of hydrogen-bond acceptors (Lipinski definition) is 6. The number of halogens is 5. The highest BCUT2D eigenvalue weighted by atomic mass is 35.5. The van der Waals surface area contributed by atoms with E-state index in [0.29, 0.717) is 10.7 Å². The highest BCUT2D eigenvalue weighted by Gasteiger charge is 2.35. The van der Waals surface area contributed by atoms with Gasteiger partial charge in [-0.15, -0.1) is 13.2 Å². The van der Waals surface area contributed by atoms with Gasteiger partial charge in [-0.1, -0.05) is 29.3 Å². The van der Waals surface area contributed by atoms with Gasteiger partial charge in [0.15, 0.2) is 0 Å². The Bertz CT molecular complexity index is 1380. The van der Waals surface area contributed by atoms with Crippen LogP contribution in [0.15, 0.2) is 47.3 Å². The van der Waals surface area contributed by atoms with Gasteiger partial charge < -0.3 is 20.7 Å². The standard InChI is InChI=1S/C21H14Cl2F3N5O4/c22-9-4-5-14(13(23)6-9)28-20-30-17-16(19(34)31-20)12(8-15(32)29-17)18(33)27-10-2-1-3-11(7-10)35-21(24,25)26/h1-7,12H,8H2,(H,27,33)(H3,28,29,30,31,32,34). The van der Waals surface area contributed by atoms with Crippen molar-refractivity contribution in [1.29, 1.82) is 0 Å². The zero-order chi connectivity index (χ0) is 25.3. The van der Waals surface area contributed by atoms with Gasteiger partial charge in [0.25, 0.3) is 5.56 Å². The lowest BCUT2D eigenvalue weighted by atomic mass is 9.92. The summed E-state index contributed by atoms with van der Waals surface area (Å²) >= 11 is 12.0. The molecule has 1 unspecified atom stereocenters. The Hall–Kier alpha value is -3.77. The number of alkyl halides is 3. The minimum atomic E-state index is -4.91. The van der Waals surface area contributed by atoms with E-state index in [1.54, 1.807) is 12.1 Å². The number of amides is 2. The monoisotopic (exact) mass is 527 g/mol. The van der Waals surface area contributed by atoms with Crippen molar-refractivity contribution in [3.8, 4) is 5.75 Å². The average Bonchev–Trinajstić information content (AvgIpc) is 2.74. The van der Waals surface area contributed by atoms with Crippen LogP contribution in [0.1, 0.15) is 17.9 Å². The van der Waals surface area contributed by atoms with Crippen LogP contribution in [0.4, 0.5) is 36.3 Å². The molecular weight excluding hydrogens is 514 g/mol. The molecule has 2 heterocycles. The summed E-state index contributed by atoms with van der Waals surface area (Å²) in [4.78, 5) is 44.6. The normalized spacial score (nSPS) is 15.1. The molecule has 2 amide bonds. The maximum Gasteiger partial charge on any atom is 0.573 e. The molecule has 1 atom stereocenters. The van der Waals surface area contributed by atoms with Gasteiger partial charge in [0.2, 0.25) is 17.8 Å². The number of carbonyl (C=O) groups is 2. The molecule has 35 heavy (non-hydrogen) atoms. The number of carbonyl (C=O) groups excluding carboxylic acids is 2. The van der Waals surface area contributed by atoms with Gasteiger partial charge in [0.1, 0.15) is 11.6 Å². The molecule has 0 saturated carbocycles. The van der Waals surface area contributed by atoms with Crippen LogP contribution in [0.25, 0.3) is 0 Å². The molecule has 0 fully saturated rings. The van der Waals surface area contributed by atoms with Gasteiger partial charge in [-0.2, -0.15) is 4.98 Å². The van der Waals surface area contributed by atoms with E-state index in [0.717, 1.165) is 12.1 Å². The molecule has 14 heteroatoms. The Labute approximate surface area is 204 Å². The summed E-state index contributed by atoms with van der Waals surface area (Å²) in [6.07, 6.45) is -5.29. The average molecular weight is 528 g/mol. The smallest absolute Gasteiger partial charge is 0.406 e. The van der Waals surface area contributed by atoms with Crippen molar-refractivity contribution < 1.29 is 27.5 Å². The molecule has 0 bridgehead atoms. The highest BCUT2D eigenvalue weighted by molar-refractivity contribution is 6.36. The van der Waals surface area contributed by atoms with Gasteiger partial charge in [0.05, 0.1) is 22.2 Å². The van der Waals surface area contributed by atoms with Gasteiger partial charge in [-0.05, 0) is 30.3 Å². The van der Waals surface area contributed by atoms with Crippen LogP contribution in [-0.2, 0) is 9.59 Å². The largest absolute Gasteiger partial charge is 0.573 e. The molecule has 2 aromatic carbocycles. The molecule has 1 aromatic heterocycles. The van der Waals surface area contributed by atoms with Crippen molar-refractivity contribution in [3.05, 3.63) is 68.4 Å². The summed E-state index contributed by atoms with van der Waals surface area (Å²) in [6, 6.07) is 9.17. The fourth-order valence-corrected chi connectivity index (χ4v) is 3.83. The number of hydrogen-bond donors (Lipinski definition) is 4. The van der Waals surface area contributed by atoms with Crippen LogP contribution in [0.5, 0.6) is 5.75 Å². The number of anilines is 4. The first kappa shape index (κ1) is 24.4. The zero-order valence-corrected chi connectivity index (χ0v) is 18.8. The summed E-state index contributed by atoms with van der Waals surface area (Å²) in [6.45, 7) is 0. The quantitative estimate of drug-likeness (QED) is 0.378. The van der Waals surface area contributed by atoms with E-state index in [-0.39, 0.29) is 34.5 Å². The lowest BCUT2D eigenvalue weighted by molar-refractivity contribution is -0.274. The Morgan fingerprint density at radius 2 is 1.91 bits per heavy atom.